The molecule has 104 valence electrons. The zero-order chi connectivity index (χ0) is 14.7. The summed E-state index contributed by atoms with van der Waals surface area (Å²) in [6.07, 6.45) is 1.39. The number of aliphatic carboxylic acids is 1. The summed E-state index contributed by atoms with van der Waals surface area (Å²) in [5.74, 6) is -1.24. The van der Waals surface area contributed by atoms with Gasteiger partial charge in [-0.05, 0) is 12.1 Å². The third kappa shape index (κ3) is 3.17. The van der Waals surface area contributed by atoms with Crippen LogP contribution in [0.15, 0.2) is 29.2 Å². The number of carboxylic acid groups (broad SMARTS) is 1. The molecule has 2 N–H and O–H groups in total. The number of hydrogen-bond donors (Lipinski definition) is 2. The summed E-state index contributed by atoms with van der Waals surface area (Å²) in [7, 11) is 0. The number of thioether (sulfide) groups is 1. The number of rotatable bonds is 4. The molecular formula is C13H11NO4S2. The summed E-state index contributed by atoms with van der Waals surface area (Å²) in [5.41, 5.74) is 0.520. The largest absolute Gasteiger partial charge is 0.507 e. The zero-order valence-electron chi connectivity index (χ0n) is 10.3. The van der Waals surface area contributed by atoms with Gasteiger partial charge in [-0.15, -0.1) is 0 Å². The summed E-state index contributed by atoms with van der Waals surface area (Å²) < 4.78 is 0.331. The summed E-state index contributed by atoms with van der Waals surface area (Å²) in [6, 6.07) is 6.64. The van der Waals surface area contributed by atoms with E-state index in [-0.39, 0.29) is 24.6 Å². The number of nitrogens with zero attached hydrogens (tertiary/aromatic N) is 1. The SMILES string of the molecule is O=C(O)CCN1C(=O)C(=Cc2ccccc2O)SC1=S. The van der Waals surface area contributed by atoms with Gasteiger partial charge >= 0.3 is 5.97 Å². The number of phenolic OH excluding ortho intramolecular Hbond substituents is 1. The first-order valence-electron chi connectivity index (χ1n) is 5.74. The Bertz CT molecular complexity index is 612. The number of phenols is 1. The fourth-order valence-corrected chi connectivity index (χ4v) is 2.95. The third-order valence-electron chi connectivity index (χ3n) is 2.65. The second-order valence-electron chi connectivity index (χ2n) is 4.04. The molecule has 0 aromatic heterocycles. The minimum absolute atomic E-state index is 0.0537. The van der Waals surface area contributed by atoms with E-state index in [1.54, 1.807) is 24.3 Å². The van der Waals surface area contributed by atoms with Crippen LogP contribution >= 0.6 is 24.0 Å². The molecule has 1 aromatic rings. The summed E-state index contributed by atoms with van der Waals surface area (Å²) >= 11 is 6.17. The number of aromatic hydroxyl groups is 1. The molecule has 5 nitrogen and oxygen atoms in total. The van der Waals surface area contributed by atoms with Crippen molar-refractivity contribution in [3.05, 3.63) is 34.7 Å². The number of para-hydroxylation sites is 1. The molecule has 0 bridgehead atoms. The summed E-state index contributed by atoms with van der Waals surface area (Å²) in [4.78, 5) is 24.3. The second kappa shape index (κ2) is 6.06. The first kappa shape index (κ1) is 14.5. The molecule has 20 heavy (non-hydrogen) atoms. The fraction of sp³-hybridized carbons (Fsp3) is 0.154. The second-order valence-corrected chi connectivity index (χ2v) is 5.71. The smallest absolute Gasteiger partial charge is 0.305 e. The molecule has 1 saturated heterocycles. The molecule has 1 aliphatic rings. The van der Waals surface area contributed by atoms with E-state index in [9.17, 15) is 14.7 Å². The maximum Gasteiger partial charge on any atom is 0.305 e. The highest BCUT2D eigenvalue weighted by Crippen LogP contribution is 2.33. The first-order valence-corrected chi connectivity index (χ1v) is 6.96. The van der Waals surface area contributed by atoms with Gasteiger partial charge in [0.2, 0.25) is 0 Å². The molecule has 0 saturated carbocycles. The maximum atomic E-state index is 12.1. The minimum Gasteiger partial charge on any atom is -0.507 e. The number of hydrogen-bond acceptors (Lipinski definition) is 5. The topological polar surface area (TPSA) is 77.8 Å². The number of carbonyl (C=O) groups excluding carboxylic acids is 1. The lowest BCUT2D eigenvalue weighted by molar-refractivity contribution is -0.137. The van der Waals surface area contributed by atoms with Gasteiger partial charge in [0.15, 0.2) is 0 Å². The molecule has 0 unspecified atom stereocenters. The quantitative estimate of drug-likeness (QED) is 0.655. The van der Waals surface area contributed by atoms with E-state index >= 15 is 0 Å². The first-order chi connectivity index (χ1) is 9.49. The van der Waals surface area contributed by atoms with Crippen molar-refractivity contribution in [3.63, 3.8) is 0 Å². The van der Waals surface area contributed by atoms with Gasteiger partial charge in [-0.3, -0.25) is 14.5 Å². The van der Waals surface area contributed by atoms with Crippen LogP contribution < -0.4 is 0 Å². The van der Waals surface area contributed by atoms with Crippen LogP contribution in [0.25, 0.3) is 6.08 Å². The zero-order valence-corrected chi connectivity index (χ0v) is 11.9. The average Bonchev–Trinajstić information content (AvgIpc) is 2.65. The van der Waals surface area contributed by atoms with Crippen LogP contribution in [0.2, 0.25) is 0 Å². The highest BCUT2D eigenvalue weighted by Gasteiger charge is 2.32. The number of carboxylic acids is 1. The number of benzene rings is 1. The lowest BCUT2D eigenvalue weighted by atomic mass is 10.2. The Morgan fingerprint density at radius 3 is 2.75 bits per heavy atom. The van der Waals surface area contributed by atoms with E-state index < -0.39 is 5.97 Å². The van der Waals surface area contributed by atoms with Crippen LogP contribution in [0.5, 0.6) is 5.75 Å². The van der Waals surface area contributed by atoms with Crippen LogP contribution in [-0.2, 0) is 9.59 Å². The molecule has 0 atom stereocenters. The van der Waals surface area contributed by atoms with Crippen molar-refractivity contribution in [3.8, 4) is 5.75 Å². The molecule has 1 aromatic carbocycles. The van der Waals surface area contributed by atoms with E-state index in [0.29, 0.717) is 14.8 Å². The van der Waals surface area contributed by atoms with Crippen LogP contribution in [0, 0.1) is 0 Å². The van der Waals surface area contributed by atoms with Gasteiger partial charge in [0.1, 0.15) is 10.1 Å². The van der Waals surface area contributed by atoms with Gasteiger partial charge < -0.3 is 10.2 Å². The van der Waals surface area contributed by atoms with Gasteiger partial charge in [0.05, 0.1) is 11.3 Å². The molecule has 0 radical (unpaired) electrons. The molecule has 1 amide bonds. The normalized spacial score (nSPS) is 17.0. The Morgan fingerprint density at radius 1 is 1.40 bits per heavy atom. The molecule has 1 heterocycles. The Labute approximate surface area is 124 Å². The van der Waals surface area contributed by atoms with Gasteiger partial charge in [-0.1, -0.05) is 42.2 Å². The molecule has 1 aliphatic heterocycles. The molecule has 0 spiro atoms. The summed E-state index contributed by atoms with van der Waals surface area (Å²) in [5, 5.41) is 18.3. The molecule has 0 aliphatic carbocycles. The Hall–Kier alpha value is -1.86. The molecule has 7 heteroatoms. The van der Waals surface area contributed by atoms with Crippen molar-refractivity contribution < 1.29 is 19.8 Å². The minimum atomic E-state index is -0.983. The molecule has 1 fully saturated rings. The molecule has 2 rings (SSSR count). The van der Waals surface area contributed by atoms with Gasteiger partial charge in [-0.25, -0.2) is 0 Å². The number of carbonyl (C=O) groups is 2. The highest BCUT2D eigenvalue weighted by molar-refractivity contribution is 8.26. The van der Waals surface area contributed by atoms with Crippen LogP contribution in [0.4, 0.5) is 0 Å². The van der Waals surface area contributed by atoms with Crippen molar-refractivity contribution in [2.45, 2.75) is 6.42 Å². The van der Waals surface area contributed by atoms with Crippen molar-refractivity contribution in [2.75, 3.05) is 6.54 Å². The van der Waals surface area contributed by atoms with Gasteiger partial charge in [0, 0.05) is 12.1 Å². The van der Waals surface area contributed by atoms with E-state index in [2.05, 4.69) is 0 Å². The van der Waals surface area contributed by atoms with Crippen molar-refractivity contribution in [1.29, 1.82) is 0 Å². The van der Waals surface area contributed by atoms with Gasteiger partial charge in [0.25, 0.3) is 5.91 Å². The maximum absolute atomic E-state index is 12.1. The van der Waals surface area contributed by atoms with Crippen molar-refractivity contribution in [2.24, 2.45) is 0 Å². The Kier molecular flexibility index (Phi) is 4.41. The van der Waals surface area contributed by atoms with Gasteiger partial charge in [-0.2, -0.15) is 0 Å². The number of thiocarbonyl (C=S) groups is 1. The lowest BCUT2D eigenvalue weighted by Gasteiger charge is -2.12. The Morgan fingerprint density at radius 2 is 2.10 bits per heavy atom. The summed E-state index contributed by atoms with van der Waals surface area (Å²) in [6.45, 7) is 0.0537. The number of amides is 1. The van der Waals surface area contributed by atoms with Crippen molar-refractivity contribution in [1.82, 2.24) is 4.90 Å². The van der Waals surface area contributed by atoms with E-state index in [0.717, 1.165) is 11.8 Å². The average molecular weight is 309 g/mol. The molecular weight excluding hydrogens is 298 g/mol. The van der Waals surface area contributed by atoms with E-state index in [1.165, 1.54) is 11.0 Å². The van der Waals surface area contributed by atoms with E-state index in [1.807, 2.05) is 0 Å². The third-order valence-corrected chi connectivity index (χ3v) is 4.02. The van der Waals surface area contributed by atoms with Crippen LogP contribution in [-0.4, -0.2) is 37.9 Å². The highest BCUT2D eigenvalue weighted by atomic mass is 32.2. The van der Waals surface area contributed by atoms with Crippen LogP contribution in [0.3, 0.4) is 0 Å². The predicted molar refractivity (Wildman–Crippen MR) is 80.2 cm³/mol. The standard InChI is InChI=1S/C13H11NO4S2/c15-9-4-2-1-3-8(9)7-10-12(18)14(13(19)20-10)6-5-11(16)17/h1-4,7,15H,5-6H2,(H,16,17). The Balaban J connectivity index is 2.19. The monoisotopic (exact) mass is 309 g/mol. The predicted octanol–water partition coefficient (Wildman–Crippen LogP) is 2.07. The fourth-order valence-electron chi connectivity index (χ4n) is 1.65. The van der Waals surface area contributed by atoms with Crippen LogP contribution in [0.1, 0.15) is 12.0 Å². The van der Waals surface area contributed by atoms with E-state index in [4.69, 9.17) is 17.3 Å². The van der Waals surface area contributed by atoms with Crippen molar-refractivity contribution >= 4 is 46.3 Å². The lowest BCUT2D eigenvalue weighted by Crippen LogP contribution is -2.30.